The molecule has 6 heteroatoms. The van der Waals surface area contributed by atoms with E-state index < -0.39 is 0 Å². The fourth-order valence-corrected chi connectivity index (χ4v) is 3.11. The van der Waals surface area contributed by atoms with Gasteiger partial charge in [0, 0.05) is 46.1 Å². The van der Waals surface area contributed by atoms with Gasteiger partial charge < -0.3 is 4.90 Å². The van der Waals surface area contributed by atoms with Crippen LogP contribution in [0.2, 0.25) is 0 Å². The van der Waals surface area contributed by atoms with Gasteiger partial charge in [0.25, 0.3) is 0 Å². The van der Waals surface area contributed by atoms with Crippen molar-refractivity contribution in [3.05, 3.63) is 48.3 Å². The number of rotatable bonds is 5. The lowest BCUT2D eigenvalue weighted by molar-refractivity contribution is -0.129. The summed E-state index contributed by atoms with van der Waals surface area (Å²) < 4.78 is 1.87. The number of amides is 1. The molecule has 1 aromatic carbocycles. The summed E-state index contributed by atoms with van der Waals surface area (Å²) >= 11 is 0. The molecule has 1 aromatic heterocycles. The van der Waals surface area contributed by atoms with Crippen molar-refractivity contribution < 1.29 is 4.79 Å². The smallest absolute Gasteiger partial charge is 0.236 e. The van der Waals surface area contributed by atoms with Gasteiger partial charge in [0.2, 0.25) is 5.91 Å². The van der Waals surface area contributed by atoms with Crippen molar-refractivity contribution in [3.8, 4) is 5.69 Å². The molecule has 0 unspecified atom stereocenters. The molecule has 0 atom stereocenters. The average molecular weight is 341 g/mol. The first-order chi connectivity index (χ1) is 12.1. The Balaban J connectivity index is 1.52. The second-order valence-electron chi connectivity index (χ2n) is 6.81. The highest BCUT2D eigenvalue weighted by Crippen LogP contribution is 2.12. The molecule has 2 heterocycles. The number of nitrogens with zero attached hydrogens (tertiary/aromatic N) is 5. The Morgan fingerprint density at radius 2 is 1.80 bits per heavy atom. The summed E-state index contributed by atoms with van der Waals surface area (Å²) in [5.74, 6) is 0.183. The molecular formula is C19H27N5O. The third-order valence-electron chi connectivity index (χ3n) is 4.65. The van der Waals surface area contributed by atoms with Crippen molar-refractivity contribution in [1.29, 1.82) is 0 Å². The molecule has 0 radical (unpaired) electrons. The summed E-state index contributed by atoms with van der Waals surface area (Å²) in [7, 11) is 3.64. The highest BCUT2D eigenvalue weighted by atomic mass is 16.2. The fourth-order valence-electron chi connectivity index (χ4n) is 3.11. The monoisotopic (exact) mass is 341 g/mol. The molecule has 0 bridgehead atoms. The molecule has 0 spiro atoms. The molecule has 2 aromatic rings. The number of hydrogen-bond donors (Lipinski definition) is 0. The Labute approximate surface area is 149 Å². The maximum Gasteiger partial charge on any atom is 0.236 e. The van der Waals surface area contributed by atoms with E-state index in [2.05, 4.69) is 39.2 Å². The van der Waals surface area contributed by atoms with E-state index in [4.69, 9.17) is 0 Å². The molecule has 6 nitrogen and oxygen atoms in total. The van der Waals surface area contributed by atoms with Gasteiger partial charge in [-0.2, -0.15) is 5.10 Å². The van der Waals surface area contributed by atoms with E-state index in [-0.39, 0.29) is 5.91 Å². The van der Waals surface area contributed by atoms with Crippen LogP contribution in [0.1, 0.15) is 12.0 Å². The summed E-state index contributed by atoms with van der Waals surface area (Å²) in [6.07, 6.45) is 4.84. The maximum atomic E-state index is 11.9. The number of likely N-dealkylation sites (N-methyl/N-ethyl adjacent to an activating group) is 1. The zero-order valence-electron chi connectivity index (χ0n) is 15.1. The van der Waals surface area contributed by atoms with Crippen LogP contribution in [0.15, 0.2) is 42.7 Å². The Hall–Kier alpha value is -2.18. The number of aromatic nitrogens is 2. The lowest BCUT2D eigenvalue weighted by atomic mass is 10.2. The lowest BCUT2D eigenvalue weighted by Crippen LogP contribution is -2.38. The summed E-state index contributed by atoms with van der Waals surface area (Å²) in [6, 6.07) is 10.5. The van der Waals surface area contributed by atoms with Crippen molar-refractivity contribution in [2.75, 3.05) is 46.8 Å². The van der Waals surface area contributed by atoms with E-state index in [9.17, 15) is 4.79 Å². The Bertz CT molecular complexity index is 666. The normalized spacial score (nSPS) is 16.6. The largest absolute Gasteiger partial charge is 0.348 e. The van der Waals surface area contributed by atoms with Crippen LogP contribution < -0.4 is 0 Å². The molecule has 1 fully saturated rings. The summed E-state index contributed by atoms with van der Waals surface area (Å²) in [5.41, 5.74) is 2.40. The van der Waals surface area contributed by atoms with Crippen LogP contribution in [-0.4, -0.2) is 77.2 Å². The van der Waals surface area contributed by atoms with Gasteiger partial charge >= 0.3 is 0 Å². The van der Waals surface area contributed by atoms with Crippen molar-refractivity contribution in [3.63, 3.8) is 0 Å². The average Bonchev–Trinajstić information content (AvgIpc) is 3.05. The third-order valence-corrected chi connectivity index (χ3v) is 4.65. The Morgan fingerprint density at radius 3 is 2.48 bits per heavy atom. The third kappa shape index (κ3) is 4.90. The topological polar surface area (TPSA) is 44.6 Å². The zero-order chi connectivity index (χ0) is 17.6. The zero-order valence-corrected chi connectivity index (χ0v) is 15.1. The van der Waals surface area contributed by atoms with Gasteiger partial charge in [-0.05, 0) is 43.3 Å². The summed E-state index contributed by atoms with van der Waals surface area (Å²) in [4.78, 5) is 18.3. The van der Waals surface area contributed by atoms with E-state index in [1.165, 1.54) is 5.56 Å². The van der Waals surface area contributed by atoms with Crippen LogP contribution in [0.3, 0.4) is 0 Å². The van der Waals surface area contributed by atoms with Gasteiger partial charge in [-0.1, -0.05) is 12.1 Å². The second-order valence-corrected chi connectivity index (χ2v) is 6.81. The molecule has 1 aliphatic rings. The molecule has 134 valence electrons. The molecule has 1 amide bonds. The van der Waals surface area contributed by atoms with E-state index >= 15 is 0 Å². The predicted molar refractivity (Wildman–Crippen MR) is 98.6 cm³/mol. The van der Waals surface area contributed by atoms with Crippen molar-refractivity contribution in [2.45, 2.75) is 13.0 Å². The first kappa shape index (κ1) is 17.6. The molecule has 25 heavy (non-hydrogen) atoms. The maximum absolute atomic E-state index is 11.9. The quantitative estimate of drug-likeness (QED) is 0.826. The fraction of sp³-hybridized carbons (Fsp3) is 0.474. The minimum Gasteiger partial charge on any atom is -0.348 e. The van der Waals surface area contributed by atoms with E-state index in [1.54, 1.807) is 11.1 Å². The van der Waals surface area contributed by atoms with Crippen molar-refractivity contribution in [1.82, 2.24) is 24.5 Å². The van der Waals surface area contributed by atoms with Gasteiger partial charge in [-0.15, -0.1) is 0 Å². The van der Waals surface area contributed by atoms with E-state index in [1.807, 2.05) is 31.0 Å². The van der Waals surface area contributed by atoms with Gasteiger partial charge in [0.15, 0.2) is 0 Å². The van der Waals surface area contributed by atoms with Crippen LogP contribution in [0, 0.1) is 0 Å². The molecule has 0 N–H and O–H groups in total. The SMILES string of the molecule is CN(C)C(=O)CN1CCCN(Cc2ccc(-n3cccn3)cc2)CC1. The molecule has 0 aliphatic carbocycles. The van der Waals surface area contributed by atoms with E-state index in [0.29, 0.717) is 6.54 Å². The van der Waals surface area contributed by atoms with Crippen LogP contribution in [0.4, 0.5) is 0 Å². The number of hydrogen-bond acceptors (Lipinski definition) is 4. The first-order valence-corrected chi connectivity index (χ1v) is 8.85. The van der Waals surface area contributed by atoms with Crippen LogP contribution in [0.25, 0.3) is 5.69 Å². The molecule has 1 saturated heterocycles. The highest BCUT2D eigenvalue weighted by Gasteiger charge is 2.17. The van der Waals surface area contributed by atoms with E-state index in [0.717, 1.165) is 44.8 Å². The minimum atomic E-state index is 0.183. The van der Waals surface area contributed by atoms with Crippen LogP contribution in [0.5, 0.6) is 0 Å². The molecule has 3 rings (SSSR count). The van der Waals surface area contributed by atoms with Gasteiger partial charge in [0.05, 0.1) is 12.2 Å². The van der Waals surface area contributed by atoms with Crippen LogP contribution in [-0.2, 0) is 11.3 Å². The Kier molecular flexibility index (Phi) is 5.83. The highest BCUT2D eigenvalue weighted by molar-refractivity contribution is 5.77. The standard InChI is InChI=1S/C19H27N5O/c1-21(2)19(25)16-23-11-4-10-22(13-14-23)15-17-5-7-18(8-6-17)24-12-3-9-20-24/h3,5-9,12H,4,10-11,13-16H2,1-2H3. The summed E-state index contributed by atoms with van der Waals surface area (Å²) in [5, 5.41) is 4.26. The minimum absolute atomic E-state index is 0.183. The number of carbonyl (C=O) groups is 1. The lowest BCUT2D eigenvalue weighted by Gasteiger charge is -2.22. The molecule has 0 saturated carbocycles. The Morgan fingerprint density at radius 1 is 1.08 bits per heavy atom. The molecular weight excluding hydrogens is 314 g/mol. The second kappa shape index (κ2) is 8.27. The first-order valence-electron chi connectivity index (χ1n) is 8.85. The number of carbonyl (C=O) groups excluding carboxylic acids is 1. The van der Waals surface area contributed by atoms with Crippen LogP contribution >= 0.6 is 0 Å². The number of benzene rings is 1. The van der Waals surface area contributed by atoms with Gasteiger partial charge in [-0.3, -0.25) is 14.6 Å². The van der Waals surface area contributed by atoms with Gasteiger partial charge in [-0.25, -0.2) is 4.68 Å². The van der Waals surface area contributed by atoms with Gasteiger partial charge in [0.1, 0.15) is 0 Å². The summed E-state index contributed by atoms with van der Waals surface area (Å²) in [6.45, 7) is 5.50. The predicted octanol–water partition coefficient (Wildman–Crippen LogP) is 1.47. The molecule has 1 aliphatic heterocycles. The van der Waals surface area contributed by atoms with Crippen molar-refractivity contribution in [2.24, 2.45) is 0 Å². The van der Waals surface area contributed by atoms with Crippen molar-refractivity contribution >= 4 is 5.91 Å².